The van der Waals surface area contributed by atoms with E-state index in [9.17, 15) is 13.2 Å². The minimum atomic E-state index is -4.13. The van der Waals surface area contributed by atoms with Crippen LogP contribution in [-0.4, -0.2) is 29.1 Å². The molecule has 1 N–H and O–H groups in total. The molecule has 8 nitrogen and oxygen atoms in total. The fourth-order valence-electron chi connectivity index (χ4n) is 2.29. The number of aromatic nitrogens is 3. The van der Waals surface area contributed by atoms with Crippen molar-refractivity contribution >= 4 is 15.9 Å². The molecule has 1 amide bonds. The molecular formula is C17H13N5O3S. The third-order valence-corrected chi connectivity index (χ3v) is 4.76. The van der Waals surface area contributed by atoms with Crippen LogP contribution in [0.3, 0.4) is 0 Å². The van der Waals surface area contributed by atoms with Crippen LogP contribution >= 0.6 is 0 Å². The largest absolute Gasteiger partial charge is 0.281 e. The monoisotopic (exact) mass is 367 g/mol. The van der Waals surface area contributed by atoms with E-state index in [2.05, 4.69) is 10.1 Å². The predicted molar refractivity (Wildman–Crippen MR) is 91.9 cm³/mol. The second-order valence-corrected chi connectivity index (χ2v) is 6.89. The Balaban J connectivity index is 1.75. The molecule has 2 aromatic heterocycles. The quantitative estimate of drug-likeness (QED) is 0.727. The zero-order chi connectivity index (χ0) is 18.6. The Hall–Kier alpha value is -3.51. The molecule has 0 aliphatic heterocycles. The summed E-state index contributed by atoms with van der Waals surface area (Å²) in [6, 6.07) is 15.4. The van der Waals surface area contributed by atoms with Gasteiger partial charge >= 0.3 is 0 Å². The van der Waals surface area contributed by atoms with Gasteiger partial charge in [0, 0.05) is 12.4 Å². The first kappa shape index (κ1) is 17.3. The third kappa shape index (κ3) is 3.76. The van der Waals surface area contributed by atoms with E-state index in [1.807, 2.05) is 41.1 Å². The molecule has 0 radical (unpaired) electrons. The number of sulfonamides is 1. The maximum absolute atomic E-state index is 12.2. The number of hydrogen-bond donors (Lipinski definition) is 1. The van der Waals surface area contributed by atoms with Gasteiger partial charge in [-0.2, -0.15) is 18.8 Å². The van der Waals surface area contributed by atoms with E-state index < -0.39 is 15.9 Å². The smallest absolute Gasteiger partial charge is 0.272 e. The Morgan fingerprint density at radius 1 is 1.15 bits per heavy atom. The second kappa shape index (κ2) is 7.16. The van der Waals surface area contributed by atoms with E-state index in [0.29, 0.717) is 5.69 Å². The molecule has 0 aliphatic carbocycles. The lowest BCUT2D eigenvalue weighted by Crippen LogP contribution is -2.34. The van der Waals surface area contributed by atoms with Gasteiger partial charge in [0.1, 0.15) is 12.6 Å². The number of nitrogens with zero attached hydrogens (tertiary/aromatic N) is 4. The van der Waals surface area contributed by atoms with Crippen LogP contribution in [0, 0.1) is 11.3 Å². The minimum Gasteiger partial charge on any atom is -0.272 e. The number of pyridine rings is 1. The second-order valence-electron chi connectivity index (χ2n) is 5.27. The predicted octanol–water partition coefficient (Wildman–Crippen LogP) is 1.32. The standard InChI is InChI=1S/C17H13N5O3S/c18-10-13-6-7-17(19-11-13)26(24,25)21-16(23)12-22-15(8-9-20-22)14-4-2-1-3-5-14/h1-9,11H,12H2,(H,21,23). The highest BCUT2D eigenvalue weighted by Crippen LogP contribution is 2.18. The Labute approximate surface area is 149 Å². The van der Waals surface area contributed by atoms with Crippen molar-refractivity contribution in [2.24, 2.45) is 0 Å². The van der Waals surface area contributed by atoms with Crippen LogP contribution in [0.15, 0.2) is 66.0 Å². The Kier molecular flexibility index (Phi) is 4.77. The molecule has 3 rings (SSSR count). The van der Waals surface area contributed by atoms with Crippen LogP contribution in [0.4, 0.5) is 0 Å². The first-order valence-electron chi connectivity index (χ1n) is 7.48. The zero-order valence-corrected chi connectivity index (χ0v) is 14.2. The van der Waals surface area contributed by atoms with Gasteiger partial charge in [-0.05, 0) is 23.8 Å². The molecule has 0 unspecified atom stereocenters. The molecule has 1 aromatic carbocycles. The fraction of sp³-hybridized carbons (Fsp3) is 0.0588. The summed E-state index contributed by atoms with van der Waals surface area (Å²) < 4.78 is 27.8. The van der Waals surface area contributed by atoms with Crippen molar-refractivity contribution < 1.29 is 13.2 Å². The molecule has 9 heteroatoms. The molecule has 3 aromatic rings. The van der Waals surface area contributed by atoms with Gasteiger partial charge in [0.25, 0.3) is 15.9 Å². The van der Waals surface area contributed by atoms with Gasteiger partial charge in [-0.15, -0.1) is 0 Å². The summed E-state index contributed by atoms with van der Waals surface area (Å²) in [5, 5.41) is 12.4. The van der Waals surface area contributed by atoms with Gasteiger partial charge in [-0.3, -0.25) is 9.48 Å². The van der Waals surface area contributed by atoms with Crippen LogP contribution in [0.5, 0.6) is 0 Å². The minimum absolute atomic E-state index is 0.222. The third-order valence-electron chi connectivity index (χ3n) is 3.47. The van der Waals surface area contributed by atoms with Gasteiger partial charge < -0.3 is 0 Å². The Bertz CT molecular complexity index is 1070. The molecule has 0 spiro atoms. The van der Waals surface area contributed by atoms with E-state index in [1.54, 1.807) is 6.07 Å². The summed E-state index contributed by atoms with van der Waals surface area (Å²) in [6.45, 7) is -0.271. The van der Waals surface area contributed by atoms with Gasteiger partial charge in [-0.25, -0.2) is 9.71 Å². The van der Waals surface area contributed by atoms with Crippen molar-refractivity contribution in [3.8, 4) is 17.3 Å². The van der Waals surface area contributed by atoms with Crippen molar-refractivity contribution in [1.29, 1.82) is 5.26 Å². The van der Waals surface area contributed by atoms with Gasteiger partial charge in [-0.1, -0.05) is 30.3 Å². The normalized spacial score (nSPS) is 10.9. The van der Waals surface area contributed by atoms with Crippen molar-refractivity contribution in [2.45, 2.75) is 11.6 Å². The molecular weight excluding hydrogens is 354 g/mol. The summed E-state index contributed by atoms with van der Waals surface area (Å²) in [5.74, 6) is -0.753. The van der Waals surface area contributed by atoms with Crippen molar-refractivity contribution in [3.05, 3.63) is 66.5 Å². The summed E-state index contributed by atoms with van der Waals surface area (Å²) >= 11 is 0. The highest BCUT2D eigenvalue weighted by Gasteiger charge is 2.20. The van der Waals surface area contributed by atoms with Crippen LogP contribution < -0.4 is 4.72 Å². The lowest BCUT2D eigenvalue weighted by atomic mass is 10.1. The molecule has 0 saturated heterocycles. The number of carbonyl (C=O) groups is 1. The number of nitriles is 1. The molecule has 0 bridgehead atoms. The number of carbonyl (C=O) groups excluding carboxylic acids is 1. The van der Waals surface area contributed by atoms with Crippen LogP contribution in [-0.2, 0) is 21.4 Å². The highest BCUT2D eigenvalue weighted by atomic mass is 32.2. The maximum Gasteiger partial charge on any atom is 0.281 e. The summed E-state index contributed by atoms with van der Waals surface area (Å²) in [7, 11) is -4.13. The van der Waals surface area contributed by atoms with Gasteiger partial charge in [0.2, 0.25) is 0 Å². The SMILES string of the molecule is N#Cc1ccc(S(=O)(=O)NC(=O)Cn2nccc2-c2ccccc2)nc1. The lowest BCUT2D eigenvalue weighted by molar-refractivity contribution is -0.120. The molecule has 0 saturated carbocycles. The maximum atomic E-state index is 12.2. The molecule has 26 heavy (non-hydrogen) atoms. The Morgan fingerprint density at radius 3 is 2.58 bits per heavy atom. The van der Waals surface area contributed by atoms with Gasteiger partial charge in [0.15, 0.2) is 5.03 Å². The van der Waals surface area contributed by atoms with E-state index in [1.165, 1.54) is 16.9 Å². The number of hydrogen-bond acceptors (Lipinski definition) is 6. The van der Waals surface area contributed by atoms with Crippen molar-refractivity contribution in [2.75, 3.05) is 0 Å². The average Bonchev–Trinajstić information content (AvgIpc) is 3.10. The first-order valence-corrected chi connectivity index (χ1v) is 8.97. The number of benzene rings is 1. The molecule has 0 aliphatic rings. The van der Waals surface area contributed by atoms with E-state index in [0.717, 1.165) is 17.8 Å². The lowest BCUT2D eigenvalue weighted by Gasteiger charge is -2.09. The van der Waals surface area contributed by atoms with E-state index in [-0.39, 0.29) is 17.1 Å². The first-order chi connectivity index (χ1) is 12.5. The zero-order valence-electron chi connectivity index (χ0n) is 13.4. The summed E-state index contributed by atoms with van der Waals surface area (Å²) in [5.41, 5.74) is 1.77. The number of rotatable bonds is 5. The molecule has 2 heterocycles. The summed E-state index contributed by atoms with van der Waals surface area (Å²) in [4.78, 5) is 15.9. The molecule has 130 valence electrons. The van der Waals surface area contributed by atoms with Crippen LogP contribution in [0.2, 0.25) is 0 Å². The van der Waals surface area contributed by atoms with Crippen LogP contribution in [0.1, 0.15) is 5.56 Å². The molecule has 0 fully saturated rings. The van der Waals surface area contributed by atoms with Crippen molar-refractivity contribution in [3.63, 3.8) is 0 Å². The van der Waals surface area contributed by atoms with Gasteiger partial charge in [0.05, 0.1) is 11.3 Å². The van der Waals surface area contributed by atoms with Crippen molar-refractivity contribution in [1.82, 2.24) is 19.5 Å². The highest BCUT2D eigenvalue weighted by molar-refractivity contribution is 7.90. The molecule has 0 atom stereocenters. The topological polar surface area (TPSA) is 118 Å². The summed E-state index contributed by atoms with van der Waals surface area (Å²) in [6.07, 6.45) is 2.66. The fourth-order valence-corrected chi connectivity index (χ4v) is 3.20. The Morgan fingerprint density at radius 2 is 1.92 bits per heavy atom. The van der Waals surface area contributed by atoms with E-state index >= 15 is 0 Å². The van der Waals surface area contributed by atoms with Crippen LogP contribution in [0.25, 0.3) is 11.3 Å². The number of nitrogens with one attached hydrogen (secondary N) is 1. The average molecular weight is 367 g/mol. The number of amides is 1. The van der Waals surface area contributed by atoms with E-state index in [4.69, 9.17) is 5.26 Å².